The van der Waals surface area contributed by atoms with Crippen molar-refractivity contribution in [1.29, 1.82) is 0 Å². The fourth-order valence-corrected chi connectivity index (χ4v) is 3.28. The van der Waals surface area contributed by atoms with Crippen LogP contribution in [-0.4, -0.2) is 46.5 Å². The van der Waals surface area contributed by atoms with Crippen LogP contribution in [0.25, 0.3) is 0 Å². The Balaban J connectivity index is 1.86. The minimum absolute atomic E-state index is 0.185. The van der Waals surface area contributed by atoms with Crippen LogP contribution in [0.3, 0.4) is 0 Å². The van der Waals surface area contributed by atoms with Crippen LogP contribution in [0.1, 0.15) is 19.3 Å². The van der Waals surface area contributed by atoms with Crippen molar-refractivity contribution in [2.24, 2.45) is 0 Å². The molecule has 6 nitrogen and oxygen atoms in total. The molecular formula is C14H24N4O2S. The quantitative estimate of drug-likeness (QED) is 0.518. The van der Waals surface area contributed by atoms with Crippen molar-refractivity contribution in [3.63, 3.8) is 0 Å². The summed E-state index contributed by atoms with van der Waals surface area (Å²) in [6, 6.07) is 4.76. The molecular weight excluding hydrogens is 288 g/mol. The normalized spacial score (nSPS) is 16.2. The van der Waals surface area contributed by atoms with Crippen molar-refractivity contribution in [3.05, 3.63) is 18.2 Å². The van der Waals surface area contributed by atoms with E-state index in [1.165, 1.54) is 39.0 Å². The lowest BCUT2D eigenvalue weighted by atomic mass is 10.2. The molecule has 4 N–H and O–H groups in total. The van der Waals surface area contributed by atoms with Crippen LogP contribution in [-0.2, 0) is 10.0 Å². The lowest BCUT2D eigenvalue weighted by Crippen LogP contribution is -2.22. The minimum atomic E-state index is -3.44. The highest BCUT2D eigenvalue weighted by Gasteiger charge is 2.13. The van der Waals surface area contributed by atoms with Crippen LogP contribution in [0.4, 0.5) is 11.4 Å². The monoisotopic (exact) mass is 312 g/mol. The van der Waals surface area contributed by atoms with Gasteiger partial charge in [0.15, 0.2) is 0 Å². The van der Waals surface area contributed by atoms with E-state index in [1.807, 2.05) is 0 Å². The van der Waals surface area contributed by atoms with E-state index in [4.69, 9.17) is 5.73 Å². The van der Waals surface area contributed by atoms with Gasteiger partial charge in [0.2, 0.25) is 10.0 Å². The number of anilines is 2. The van der Waals surface area contributed by atoms with Crippen molar-refractivity contribution in [3.8, 4) is 0 Å². The van der Waals surface area contributed by atoms with Crippen LogP contribution >= 0.6 is 0 Å². The van der Waals surface area contributed by atoms with Gasteiger partial charge in [-0.2, -0.15) is 0 Å². The third kappa shape index (κ3) is 4.33. The molecule has 0 radical (unpaired) electrons. The highest BCUT2D eigenvalue weighted by molar-refractivity contribution is 7.89. The Morgan fingerprint density at radius 3 is 2.62 bits per heavy atom. The van der Waals surface area contributed by atoms with Crippen LogP contribution in [0.2, 0.25) is 0 Å². The third-order valence-electron chi connectivity index (χ3n) is 3.77. The van der Waals surface area contributed by atoms with Crippen molar-refractivity contribution < 1.29 is 8.42 Å². The number of nitrogens with zero attached hydrogens (tertiary/aromatic N) is 1. The van der Waals surface area contributed by atoms with E-state index in [9.17, 15) is 8.42 Å². The predicted octanol–water partition coefficient (Wildman–Crippen LogP) is 1.07. The zero-order chi connectivity index (χ0) is 15.3. The molecule has 0 aliphatic carbocycles. The molecule has 0 saturated carbocycles. The maximum absolute atomic E-state index is 11.7. The van der Waals surface area contributed by atoms with E-state index in [0.29, 0.717) is 5.69 Å². The second-order valence-corrected chi connectivity index (χ2v) is 7.17. The first-order valence-corrected chi connectivity index (χ1v) is 8.80. The molecule has 0 bridgehead atoms. The molecule has 1 aliphatic heterocycles. The van der Waals surface area contributed by atoms with Gasteiger partial charge in [-0.1, -0.05) is 0 Å². The van der Waals surface area contributed by atoms with Gasteiger partial charge in [-0.15, -0.1) is 0 Å². The zero-order valence-electron chi connectivity index (χ0n) is 12.4. The largest absolute Gasteiger partial charge is 0.397 e. The summed E-state index contributed by atoms with van der Waals surface area (Å²) in [7, 11) is -2.05. The number of hydrogen-bond acceptors (Lipinski definition) is 5. The molecule has 7 heteroatoms. The molecule has 1 aliphatic rings. The van der Waals surface area contributed by atoms with Gasteiger partial charge in [0.1, 0.15) is 0 Å². The average molecular weight is 312 g/mol. The number of nitrogens with one attached hydrogen (secondary N) is 2. The van der Waals surface area contributed by atoms with E-state index in [-0.39, 0.29) is 4.90 Å². The van der Waals surface area contributed by atoms with Gasteiger partial charge in [0.05, 0.1) is 16.3 Å². The highest BCUT2D eigenvalue weighted by Crippen LogP contribution is 2.22. The lowest BCUT2D eigenvalue weighted by Gasteiger charge is -2.15. The predicted molar refractivity (Wildman–Crippen MR) is 85.9 cm³/mol. The van der Waals surface area contributed by atoms with Gasteiger partial charge in [-0.05, 0) is 64.1 Å². The van der Waals surface area contributed by atoms with Crippen LogP contribution in [0, 0.1) is 0 Å². The smallest absolute Gasteiger partial charge is 0.240 e. The molecule has 0 aromatic heterocycles. The fourth-order valence-electron chi connectivity index (χ4n) is 2.52. The Labute approximate surface area is 126 Å². The summed E-state index contributed by atoms with van der Waals surface area (Å²) in [6.45, 7) is 4.34. The molecule has 2 rings (SSSR count). The second kappa shape index (κ2) is 7.11. The molecule has 21 heavy (non-hydrogen) atoms. The zero-order valence-corrected chi connectivity index (χ0v) is 13.2. The standard InChI is InChI=1S/C14H24N4O2S/c1-16-21(19,20)12-5-6-14(13(15)11-12)17-7-4-10-18-8-2-3-9-18/h5-6,11,16-17H,2-4,7-10,15H2,1H3. The number of nitrogens with two attached hydrogens (primary N) is 1. The molecule has 0 spiro atoms. The highest BCUT2D eigenvalue weighted by atomic mass is 32.2. The molecule has 0 amide bonds. The number of hydrogen-bond donors (Lipinski definition) is 3. The summed E-state index contributed by atoms with van der Waals surface area (Å²) >= 11 is 0. The maximum Gasteiger partial charge on any atom is 0.240 e. The van der Waals surface area contributed by atoms with Gasteiger partial charge >= 0.3 is 0 Å². The molecule has 1 fully saturated rings. The summed E-state index contributed by atoms with van der Waals surface area (Å²) in [5, 5.41) is 3.27. The first-order valence-electron chi connectivity index (χ1n) is 7.32. The first-order chi connectivity index (χ1) is 10.0. The molecule has 1 heterocycles. The topological polar surface area (TPSA) is 87.5 Å². The van der Waals surface area contributed by atoms with Gasteiger partial charge in [0, 0.05) is 6.54 Å². The van der Waals surface area contributed by atoms with Gasteiger partial charge in [-0.3, -0.25) is 0 Å². The number of sulfonamides is 1. The number of likely N-dealkylation sites (tertiary alicyclic amines) is 1. The summed E-state index contributed by atoms with van der Waals surface area (Å²) in [5.74, 6) is 0. The maximum atomic E-state index is 11.7. The van der Waals surface area contributed by atoms with Gasteiger partial charge in [-0.25, -0.2) is 13.1 Å². The summed E-state index contributed by atoms with van der Waals surface area (Å²) in [5.41, 5.74) is 7.15. The number of benzene rings is 1. The van der Waals surface area contributed by atoms with Crippen LogP contribution < -0.4 is 15.8 Å². The van der Waals surface area contributed by atoms with Gasteiger partial charge < -0.3 is 16.0 Å². The molecule has 0 atom stereocenters. The summed E-state index contributed by atoms with van der Waals surface area (Å²) in [6.07, 6.45) is 3.67. The Morgan fingerprint density at radius 1 is 1.29 bits per heavy atom. The van der Waals surface area contributed by atoms with Crippen molar-refractivity contribution in [2.75, 3.05) is 44.3 Å². The SMILES string of the molecule is CNS(=O)(=O)c1ccc(NCCCN2CCCC2)c(N)c1. The van der Waals surface area contributed by atoms with Gasteiger partial charge in [0.25, 0.3) is 0 Å². The number of nitrogen functional groups attached to an aromatic ring is 1. The van der Waals surface area contributed by atoms with Crippen molar-refractivity contribution in [1.82, 2.24) is 9.62 Å². The Hall–Kier alpha value is -1.31. The summed E-state index contributed by atoms with van der Waals surface area (Å²) < 4.78 is 25.6. The molecule has 1 aromatic rings. The fraction of sp³-hybridized carbons (Fsp3) is 0.571. The van der Waals surface area contributed by atoms with Crippen LogP contribution in [0.15, 0.2) is 23.1 Å². The first kappa shape index (κ1) is 16.1. The van der Waals surface area contributed by atoms with Crippen molar-refractivity contribution >= 4 is 21.4 Å². The minimum Gasteiger partial charge on any atom is -0.397 e. The lowest BCUT2D eigenvalue weighted by molar-refractivity contribution is 0.337. The molecule has 1 saturated heterocycles. The summed E-state index contributed by atoms with van der Waals surface area (Å²) in [4.78, 5) is 2.65. The Kier molecular flexibility index (Phi) is 5.44. The van der Waals surface area contributed by atoms with Crippen LogP contribution in [0.5, 0.6) is 0 Å². The van der Waals surface area contributed by atoms with E-state index >= 15 is 0 Å². The molecule has 0 unspecified atom stereocenters. The second-order valence-electron chi connectivity index (χ2n) is 5.29. The van der Waals surface area contributed by atoms with Crippen molar-refractivity contribution in [2.45, 2.75) is 24.2 Å². The Bertz CT molecular complexity index is 568. The third-order valence-corrected chi connectivity index (χ3v) is 5.18. The number of rotatable bonds is 7. The Morgan fingerprint density at radius 2 is 2.00 bits per heavy atom. The molecule has 1 aromatic carbocycles. The molecule has 118 valence electrons. The van der Waals surface area contributed by atoms with E-state index < -0.39 is 10.0 Å². The van der Waals surface area contributed by atoms with E-state index in [1.54, 1.807) is 12.1 Å². The van der Waals surface area contributed by atoms with E-state index in [0.717, 1.165) is 25.2 Å². The average Bonchev–Trinajstić information content (AvgIpc) is 2.98. The van der Waals surface area contributed by atoms with E-state index in [2.05, 4.69) is 14.9 Å².